The van der Waals surface area contributed by atoms with E-state index in [2.05, 4.69) is 33.2 Å². The maximum Gasteiger partial charge on any atom is 0.168 e. The Morgan fingerprint density at radius 3 is 2.69 bits per heavy atom. The highest BCUT2D eigenvalue weighted by Gasteiger charge is 2.41. The van der Waals surface area contributed by atoms with Crippen molar-refractivity contribution in [2.24, 2.45) is 11.8 Å². The zero-order valence-corrected chi connectivity index (χ0v) is 15.5. The number of hydrazine groups is 1. The average Bonchev–Trinajstić information content (AvgIpc) is 3.32. The van der Waals surface area contributed by atoms with Gasteiger partial charge in [-0.15, -0.1) is 0 Å². The predicted molar refractivity (Wildman–Crippen MR) is 97.2 cm³/mol. The van der Waals surface area contributed by atoms with E-state index in [-0.39, 0.29) is 11.7 Å². The summed E-state index contributed by atoms with van der Waals surface area (Å²) in [6, 6.07) is 0.832. The minimum absolute atomic E-state index is 0.130. The van der Waals surface area contributed by atoms with Gasteiger partial charge in [-0.3, -0.25) is 10.5 Å². The molecule has 26 heavy (non-hydrogen) atoms. The molecule has 8 nitrogen and oxygen atoms in total. The van der Waals surface area contributed by atoms with Gasteiger partial charge >= 0.3 is 0 Å². The molecule has 3 aliphatic rings. The van der Waals surface area contributed by atoms with Gasteiger partial charge in [-0.2, -0.15) is 5.10 Å². The number of aliphatic hydroxyl groups excluding tert-OH is 1. The van der Waals surface area contributed by atoms with Crippen molar-refractivity contribution in [1.82, 2.24) is 15.2 Å². The summed E-state index contributed by atoms with van der Waals surface area (Å²) in [7, 11) is 0. The van der Waals surface area contributed by atoms with Crippen LogP contribution in [0.25, 0.3) is 0 Å². The van der Waals surface area contributed by atoms with E-state index >= 15 is 0 Å². The Balaban J connectivity index is 1.41. The van der Waals surface area contributed by atoms with Crippen LogP contribution in [0.15, 0.2) is 12.4 Å². The Labute approximate surface area is 154 Å². The molecule has 3 unspecified atom stereocenters. The van der Waals surface area contributed by atoms with Crippen molar-refractivity contribution in [3.8, 4) is 0 Å². The molecule has 146 valence electrons. The van der Waals surface area contributed by atoms with Crippen molar-refractivity contribution in [2.45, 2.75) is 69.5 Å². The molecule has 0 amide bonds. The fourth-order valence-electron chi connectivity index (χ4n) is 4.66. The van der Waals surface area contributed by atoms with Gasteiger partial charge in [0.15, 0.2) is 5.79 Å². The molecule has 1 saturated carbocycles. The van der Waals surface area contributed by atoms with Crippen molar-refractivity contribution in [3.63, 3.8) is 0 Å². The van der Waals surface area contributed by atoms with Crippen LogP contribution in [-0.2, 0) is 9.47 Å². The van der Waals surface area contributed by atoms with Crippen molar-refractivity contribution >= 4 is 5.69 Å². The third-order valence-corrected chi connectivity index (χ3v) is 6.36. The number of nitrogens with zero attached hydrogens (tertiary/aromatic N) is 3. The van der Waals surface area contributed by atoms with E-state index in [4.69, 9.17) is 15.3 Å². The van der Waals surface area contributed by atoms with Crippen LogP contribution < -0.4 is 16.2 Å². The minimum atomic E-state index is -0.666. The monoisotopic (exact) mass is 365 g/mol. The number of piperidine rings is 1. The van der Waals surface area contributed by atoms with Crippen molar-refractivity contribution < 1.29 is 14.6 Å². The first-order chi connectivity index (χ1) is 12.6. The number of anilines is 1. The number of nitrogens with two attached hydrogens (primary N) is 1. The molecule has 0 radical (unpaired) electrons. The van der Waals surface area contributed by atoms with Gasteiger partial charge in [-0.25, -0.2) is 5.43 Å². The maximum atomic E-state index is 10.0. The van der Waals surface area contributed by atoms with Crippen LogP contribution in [0.5, 0.6) is 0 Å². The summed E-state index contributed by atoms with van der Waals surface area (Å²) in [6.07, 6.45) is 9.36. The molecule has 2 saturated heterocycles. The topological polar surface area (TPSA) is 97.8 Å². The molecule has 2 aliphatic heterocycles. The largest absolute Gasteiger partial charge is 0.377 e. The molecule has 1 aliphatic carbocycles. The second-order valence-corrected chi connectivity index (χ2v) is 7.97. The second-order valence-electron chi connectivity index (χ2n) is 7.97. The first-order valence-electron chi connectivity index (χ1n) is 9.83. The first kappa shape index (κ1) is 18.2. The van der Waals surface area contributed by atoms with Crippen LogP contribution in [0.4, 0.5) is 5.69 Å². The van der Waals surface area contributed by atoms with Crippen molar-refractivity contribution in [2.75, 3.05) is 24.7 Å². The fraction of sp³-hybridized carbons (Fsp3) is 0.833. The van der Waals surface area contributed by atoms with Crippen LogP contribution in [0.1, 0.15) is 51.5 Å². The maximum absolute atomic E-state index is 10.0. The third-order valence-electron chi connectivity index (χ3n) is 6.36. The van der Waals surface area contributed by atoms with Gasteiger partial charge in [-0.05, 0) is 32.6 Å². The summed E-state index contributed by atoms with van der Waals surface area (Å²) in [5.41, 5.74) is 3.61. The molecule has 4 rings (SSSR count). The van der Waals surface area contributed by atoms with E-state index in [0.717, 1.165) is 50.8 Å². The lowest BCUT2D eigenvalue weighted by Gasteiger charge is -2.40. The van der Waals surface area contributed by atoms with Gasteiger partial charge in [0, 0.05) is 37.5 Å². The van der Waals surface area contributed by atoms with Gasteiger partial charge in [0.25, 0.3) is 0 Å². The van der Waals surface area contributed by atoms with Crippen LogP contribution in [0, 0.1) is 5.92 Å². The Bertz CT molecular complexity index is 593. The van der Waals surface area contributed by atoms with Gasteiger partial charge in [-0.1, -0.05) is 0 Å². The second kappa shape index (κ2) is 7.44. The van der Waals surface area contributed by atoms with Crippen molar-refractivity contribution in [3.05, 3.63) is 12.4 Å². The molecule has 1 spiro atoms. The molecule has 4 N–H and O–H groups in total. The summed E-state index contributed by atoms with van der Waals surface area (Å²) < 4.78 is 13.8. The molecular weight excluding hydrogens is 334 g/mol. The van der Waals surface area contributed by atoms with Gasteiger partial charge in [0.1, 0.15) is 6.23 Å². The van der Waals surface area contributed by atoms with E-state index in [0.29, 0.717) is 25.3 Å². The third kappa shape index (κ3) is 3.48. The minimum Gasteiger partial charge on any atom is -0.377 e. The number of nitrogens with one attached hydrogen (secondary N) is 1. The standard InChI is InChI=1S/C18H31N5O3/c1-13-2-3-14(17(24)21-19)11-22(13)16-10-20-23(12-16)15-4-6-18(7-5-15)25-8-9-26-18/h10,12-15,17,21,24H,2-9,11,19H2,1H3. The number of hydrogen-bond acceptors (Lipinski definition) is 7. The van der Waals surface area contributed by atoms with Crippen LogP contribution in [0.3, 0.4) is 0 Å². The lowest BCUT2D eigenvalue weighted by atomic mass is 9.90. The fourth-order valence-corrected chi connectivity index (χ4v) is 4.66. The molecule has 3 fully saturated rings. The van der Waals surface area contributed by atoms with Gasteiger partial charge < -0.3 is 19.5 Å². The summed E-state index contributed by atoms with van der Waals surface area (Å²) in [5, 5.41) is 14.7. The number of rotatable bonds is 4. The molecule has 1 aromatic rings. The number of aromatic nitrogens is 2. The zero-order chi connectivity index (χ0) is 18.1. The Morgan fingerprint density at radius 2 is 2.00 bits per heavy atom. The smallest absolute Gasteiger partial charge is 0.168 e. The molecular formula is C18H31N5O3. The zero-order valence-electron chi connectivity index (χ0n) is 15.5. The number of hydrogen-bond donors (Lipinski definition) is 3. The van der Waals surface area contributed by atoms with E-state index in [1.54, 1.807) is 0 Å². The molecule has 1 aromatic heterocycles. The molecule has 8 heteroatoms. The normalized spacial score (nSPS) is 30.8. The highest BCUT2D eigenvalue weighted by atomic mass is 16.7. The molecule has 3 atom stereocenters. The predicted octanol–water partition coefficient (Wildman–Crippen LogP) is 1.13. The van der Waals surface area contributed by atoms with E-state index < -0.39 is 6.23 Å². The van der Waals surface area contributed by atoms with Crippen LogP contribution in [-0.4, -0.2) is 52.7 Å². The van der Waals surface area contributed by atoms with Gasteiger partial charge in [0.2, 0.25) is 0 Å². The summed E-state index contributed by atoms with van der Waals surface area (Å²) in [5.74, 6) is 5.22. The summed E-state index contributed by atoms with van der Waals surface area (Å²) in [6.45, 7) is 4.45. The van der Waals surface area contributed by atoms with Crippen molar-refractivity contribution in [1.29, 1.82) is 0 Å². The van der Waals surface area contributed by atoms with E-state index in [1.807, 2.05) is 6.20 Å². The lowest BCUT2D eigenvalue weighted by molar-refractivity contribution is -0.181. The molecule has 0 bridgehead atoms. The lowest BCUT2D eigenvalue weighted by Crippen LogP contribution is -2.50. The average molecular weight is 365 g/mol. The molecule has 0 aromatic carbocycles. The van der Waals surface area contributed by atoms with E-state index in [1.165, 1.54) is 0 Å². The Hall–Kier alpha value is -1.19. The van der Waals surface area contributed by atoms with Crippen LogP contribution in [0.2, 0.25) is 0 Å². The van der Waals surface area contributed by atoms with E-state index in [9.17, 15) is 5.11 Å². The van der Waals surface area contributed by atoms with Gasteiger partial charge in [0.05, 0.1) is 31.1 Å². The first-order valence-corrected chi connectivity index (χ1v) is 9.83. The summed E-state index contributed by atoms with van der Waals surface area (Å²) in [4.78, 5) is 2.34. The SMILES string of the molecule is CC1CCC(C(O)NN)CN1c1cnn(C2CCC3(CC2)OCCO3)c1. The Morgan fingerprint density at radius 1 is 1.27 bits per heavy atom. The van der Waals surface area contributed by atoms with Crippen LogP contribution >= 0.6 is 0 Å². The highest BCUT2D eigenvalue weighted by molar-refractivity contribution is 5.44. The number of ether oxygens (including phenoxy) is 2. The highest BCUT2D eigenvalue weighted by Crippen LogP contribution is 2.40. The quantitative estimate of drug-likeness (QED) is 0.418. The number of aliphatic hydroxyl groups is 1. The summed E-state index contributed by atoms with van der Waals surface area (Å²) >= 11 is 0. The molecule has 3 heterocycles. The Kier molecular flexibility index (Phi) is 5.20.